The van der Waals surface area contributed by atoms with Gasteiger partial charge in [-0.25, -0.2) is 0 Å². The van der Waals surface area contributed by atoms with Gasteiger partial charge in [0, 0.05) is 22.7 Å². The minimum absolute atomic E-state index is 0.00926. The fraction of sp³-hybridized carbons (Fsp3) is 0.318. The lowest BCUT2D eigenvalue weighted by molar-refractivity contribution is -0.126. The summed E-state index contributed by atoms with van der Waals surface area (Å²) in [6.07, 6.45) is 5.31. The van der Waals surface area contributed by atoms with E-state index in [1.807, 2.05) is 41.3 Å². The average Bonchev–Trinajstić information content (AvgIpc) is 3.21. The Hall–Kier alpha value is -2.47. The van der Waals surface area contributed by atoms with Crippen molar-refractivity contribution in [2.75, 3.05) is 27.9 Å². The number of rotatable bonds is 6. The molecule has 5 nitrogen and oxygen atoms in total. The average molecular weight is 446 g/mol. The maximum absolute atomic E-state index is 12.9. The van der Waals surface area contributed by atoms with Crippen LogP contribution in [-0.2, 0) is 4.79 Å². The summed E-state index contributed by atoms with van der Waals surface area (Å²) in [7, 11) is 4.85. The van der Waals surface area contributed by atoms with Crippen LogP contribution in [0.4, 0.5) is 0 Å². The van der Waals surface area contributed by atoms with Crippen molar-refractivity contribution in [3.05, 3.63) is 58.1 Å². The van der Waals surface area contributed by atoms with E-state index in [1.165, 1.54) is 0 Å². The largest absolute Gasteiger partial charge is 0.496 e. The lowest BCUT2D eigenvalue weighted by atomic mass is 10.0. The van der Waals surface area contributed by atoms with Crippen LogP contribution < -0.4 is 14.2 Å². The van der Waals surface area contributed by atoms with Crippen LogP contribution in [-0.4, -0.2) is 38.7 Å². The number of carbonyl (C=O) groups excluding carboxylic acids is 1. The highest BCUT2D eigenvalue weighted by Crippen LogP contribution is 2.38. The van der Waals surface area contributed by atoms with Crippen molar-refractivity contribution in [3.8, 4) is 17.2 Å². The van der Waals surface area contributed by atoms with Crippen LogP contribution in [0.25, 0.3) is 6.08 Å². The summed E-state index contributed by atoms with van der Waals surface area (Å²) in [5.74, 6) is 2.08. The first kappa shape index (κ1) is 20.3. The van der Waals surface area contributed by atoms with Crippen LogP contribution in [0.2, 0.25) is 0 Å². The third-order valence-corrected chi connectivity index (χ3v) is 5.41. The van der Waals surface area contributed by atoms with E-state index < -0.39 is 0 Å². The molecule has 6 heteroatoms. The number of hydrogen-bond acceptors (Lipinski definition) is 4. The molecule has 0 aliphatic carbocycles. The number of likely N-dealkylation sites (tertiary alicyclic amines) is 1. The Morgan fingerprint density at radius 1 is 1.04 bits per heavy atom. The van der Waals surface area contributed by atoms with Gasteiger partial charge in [0.1, 0.15) is 5.75 Å². The van der Waals surface area contributed by atoms with Crippen molar-refractivity contribution in [2.45, 2.75) is 18.9 Å². The van der Waals surface area contributed by atoms with E-state index in [1.54, 1.807) is 33.5 Å². The van der Waals surface area contributed by atoms with Gasteiger partial charge in [0.15, 0.2) is 11.5 Å². The number of carbonyl (C=O) groups is 1. The summed E-state index contributed by atoms with van der Waals surface area (Å²) in [5, 5.41) is 0. The first-order valence-electron chi connectivity index (χ1n) is 9.11. The van der Waals surface area contributed by atoms with E-state index in [-0.39, 0.29) is 11.9 Å². The van der Waals surface area contributed by atoms with Crippen LogP contribution in [0.3, 0.4) is 0 Å². The molecule has 1 unspecified atom stereocenters. The number of amides is 1. The molecule has 0 bridgehead atoms. The molecule has 1 atom stereocenters. The molecule has 2 aromatic rings. The zero-order valence-electron chi connectivity index (χ0n) is 16.3. The number of halogens is 1. The second-order valence-electron chi connectivity index (χ2n) is 6.52. The summed E-state index contributed by atoms with van der Waals surface area (Å²) in [6.45, 7) is 0.732. The molecule has 1 aliphatic heterocycles. The zero-order chi connectivity index (χ0) is 20.1. The first-order valence-corrected chi connectivity index (χ1v) is 9.90. The molecular weight excluding hydrogens is 422 g/mol. The van der Waals surface area contributed by atoms with Crippen LogP contribution >= 0.6 is 15.9 Å². The Morgan fingerprint density at radius 3 is 2.46 bits per heavy atom. The number of nitrogens with zero attached hydrogens (tertiary/aromatic N) is 1. The highest BCUT2D eigenvalue weighted by molar-refractivity contribution is 9.10. The molecule has 0 radical (unpaired) electrons. The molecule has 0 N–H and O–H groups in total. The molecule has 28 heavy (non-hydrogen) atoms. The quantitative estimate of drug-likeness (QED) is 0.596. The Morgan fingerprint density at radius 2 is 1.75 bits per heavy atom. The molecule has 3 rings (SSSR count). The lowest BCUT2D eigenvalue weighted by Crippen LogP contribution is -2.29. The smallest absolute Gasteiger partial charge is 0.247 e. The van der Waals surface area contributed by atoms with E-state index in [0.717, 1.165) is 40.7 Å². The SMILES string of the molecule is COc1ccc(/C=C/C(=O)N2CCCC2c2cc(Br)ccc2OC)cc1OC. The van der Waals surface area contributed by atoms with Gasteiger partial charge in [-0.3, -0.25) is 4.79 Å². The summed E-state index contributed by atoms with van der Waals surface area (Å²) in [5.41, 5.74) is 1.91. The summed E-state index contributed by atoms with van der Waals surface area (Å²) in [4.78, 5) is 14.8. The Bertz CT molecular complexity index is 881. The molecule has 0 saturated carbocycles. The molecule has 148 valence electrons. The van der Waals surface area contributed by atoms with E-state index >= 15 is 0 Å². The summed E-state index contributed by atoms with van der Waals surface area (Å²) < 4.78 is 17.1. The minimum atomic E-state index is -0.0145. The molecule has 1 amide bonds. The van der Waals surface area contributed by atoms with Gasteiger partial charge in [0.2, 0.25) is 5.91 Å². The standard InChI is InChI=1S/C22H24BrNO4/c1-26-19-10-8-16(23)14-17(19)18-5-4-12-24(18)22(25)11-7-15-6-9-20(27-2)21(13-15)28-3/h6-11,13-14,18H,4-5,12H2,1-3H3/b11-7+. The van der Waals surface area contributed by atoms with Gasteiger partial charge in [-0.05, 0) is 54.8 Å². The van der Waals surface area contributed by atoms with Crippen molar-refractivity contribution < 1.29 is 19.0 Å². The Balaban J connectivity index is 1.80. The molecular formula is C22H24BrNO4. The molecule has 0 aromatic heterocycles. The van der Waals surface area contributed by atoms with E-state index in [2.05, 4.69) is 15.9 Å². The van der Waals surface area contributed by atoms with Gasteiger partial charge in [-0.2, -0.15) is 0 Å². The zero-order valence-corrected chi connectivity index (χ0v) is 17.9. The Kier molecular flexibility index (Phi) is 6.62. The summed E-state index contributed by atoms with van der Waals surface area (Å²) in [6, 6.07) is 11.5. The van der Waals surface area contributed by atoms with Gasteiger partial charge in [-0.15, -0.1) is 0 Å². The normalized spacial score (nSPS) is 16.4. The predicted molar refractivity (Wildman–Crippen MR) is 113 cm³/mol. The van der Waals surface area contributed by atoms with E-state index in [4.69, 9.17) is 14.2 Å². The fourth-order valence-corrected chi connectivity index (χ4v) is 3.92. The van der Waals surface area contributed by atoms with Crippen molar-refractivity contribution in [1.29, 1.82) is 0 Å². The Labute approximate surface area is 174 Å². The second kappa shape index (κ2) is 9.15. The maximum Gasteiger partial charge on any atom is 0.247 e. The topological polar surface area (TPSA) is 48.0 Å². The van der Waals surface area contributed by atoms with Crippen LogP contribution in [0.15, 0.2) is 46.9 Å². The number of benzene rings is 2. The van der Waals surface area contributed by atoms with Crippen LogP contribution in [0, 0.1) is 0 Å². The molecule has 1 fully saturated rings. The molecule has 2 aromatic carbocycles. The number of ether oxygens (including phenoxy) is 3. The van der Waals surface area contributed by atoms with Gasteiger partial charge < -0.3 is 19.1 Å². The van der Waals surface area contributed by atoms with Gasteiger partial charge in [0.05, 0.1) is 27.4 Å². The van der Waals surface area contributed by atoms with Gasteiger partial charge in [-0.1, -0.05) is 22.0 Å². The highest BCUT2D eigenvalue weighted by Gasteiger charge is 2.31. The third-order valence-electron chi connectivity index (χ3n) is 4.91. The fourth-order valence-electron chi connectivity index (χ4n) is 3.54. The summed E-state index contributed by atoms with van der Waals surface area (Å²) >= 11 is 3.52. The molecule has 1 heterocycles. The van der Waals surface area contributed by atoms with Crippen molar-refractivity contribution >= 4 is 27.9 Å². The first-order chi connectivity index (χ1) is 13.6. The lowest BCUT2D eigenvalue weighted by Gasteiger charge is -2.25. The molecule has 1 saturated heterocycles. The van der Waals surface area contributed by atoms with Crippen molar-refractivity contribution in [1.82, 2.24) is 4.90 Å². The predicted octanol–water partition coefficient (Wildman–Crippen LogP) is 4.85. The van der Waals surface area contributed by atoms with E-state index in [9.17, 15) is 4.79 Å². The van der Waals surface area contributed by atoms with E-state index in [0.29, 0.717) is 11.5 Å². The number of hydrogen-bond donors (Lipinski definition) is 0. The monoisotopic (exact) mass is 445 g/mol. The number of methoxy groups -OCH3 is 3. The molecule has 1 aliphatic rings. The minimum Gasteiger partial charge on any atom is -0.496 e. The molecule has 0 spiro atoms. The van der Waals surface area contributed by atoms with Gasteiger partial charge >= 0.3 is 0 Å². The maximum atomic E-state index is 12.9. The van der Waals surface area contributed by atoms with Crippen molar-refractivity contribution in [3.63, 3.8) is 0 Å². The highest BCUT2D eigenvalue weighted by atomic mass is 79.9. The third kappa shape index (κ3) is 4.33. The van der Waals surface area contributed by atoms with Crippen LogP contribution in [0.5, 0.6) is 17.2 Å². The second-order valence-corrected chi connectivity index (χ2v) is 7.44. The van der Waals surface area contributed by atoms with Gasteiger partial charge in [0.25, 0.3) is 0 Å². The van der Waals surface area contributed by atoms with Crippen LogP contribution in [0.1, 0.15) is 30.0 Å². The van der Waals surface area contributed by atoms with Crippen molar-refractivity contribution in [2.24, 2.45) is 0 Å².